The van der Waals surface area contributed by atoms with E-state index in [4.69, 9.17) is 4.74 Å². The molecule has 0 spiro atoms. The lowest BCUT2D eigenvalue weighted by molar-refractivity contribution is 0.0253. The van der Waals surface area contributed by atoms with E-state index in [1.807, 2.05) is 50.8 Å². The number of piperidine rings is 1. The van der Waals surface area contributed by atoms with Crippen molar-refractivity contribution in [2.24, 2.45) is 5.92 Å². The van der Waals surface area contributed by atoms with E-state index in [0.717, 1.165) is 35.1 Å². The van der Waals surface area contributed by atoms with E-state index in [1.165, 1.54) is 0 Å². The van der Waals surface area contributed by atoms with Crippen molar-refractivity contribution in [1.29, 1.82) is 0 Å². The molecule has 1 atom stereocenters. The number of rotatable bonds is 3. The van der Waals surface area contributed by atoms with Gasteiger partial charge in [0.2, 0.25) is 0 Å². The minimum atomic E-state index is -0.507. The number of urea groups is 1. The zero-order valence-corrected chi connectivity index (χ0v) is 18.4. The highest BCUT2D eigenvalue weighted by Crippen LogP contribution is 2.22. The molecule has 27 heavy (non-hydrogen) atoms. The molecule has 1 aromatic rings. The van der Waals surface area contributed by atoms with Crippen molar-refractivity contribution in [2.75, 3.05) is 32.0 Å². The van der Waals surface area contributed by atoms with Crippen LogP contribution in [0.1, 0.15) is 39.2 Å². The van der Waals surface area contributed by atoms with Crippen LogP contribution in [-0.4, -0.2) is 54.2 Å². The number of benzene rings is 1. The van der Waals surface area contributed by atoms with E-state index < -0.39 is 5.60 Å². The third-order valence-electron chi connectivity index (χ3n) is 4.45. The van der Waals surface area contributed by atoms with E-state index >= 15 is 0 Å². The molecule has 0 aliphatic carbocycles. The Morgan fingerprint density at radius 3 is 2.70 bits per heavy atom. The zero-order valence-electron chi connectivity index (χ0n) is 16.8. The first-order valence-corrected chi connectivity index (χ1v) is 10.1. The molecular formula is C20H30BrN3O3. The lowest BCUT2D eigenvalue weighted by Gasteiger charge is -2.35. The number of aryl methyl sites for hydroxylation is 1. The van der Waals surface area contributed by atoms with Crippen molar-refractivity contribution < 1.29 is 14.3 Å². The smallest absolute Gasteiger partial charge is 0.410 e. The van der Waals surface area contributed by atoms with Gasteiger partial charge < -0.3 is 19.9 Å². The van der Waals surface area contributed by atoms with Gasteiger partial charge in [0.1, 0.15) is 5.60 Å². The normalized spacial score (nSPS) is 17.4. The molecule has 1 fully saturated rings. The maximum atomic E-state index is 12.6. The highest BCUT2D eigenvalue weighted by Gasteiger charge is 2.27. The molecule has 2 rings (SSSR count). The molecule has 1 heterocycles. The van der Waals surface area contributed by atoms with E-state index in [-0.39, 0.29) is 18.0 Å². The fraction of sp³-hybridized carbons (Fsp3) is 0.600. The van der Waals surface area contributed by atoms with Gasteiger partial charge in [-0.3, -0.25) is 0 Å². The van der Waals surface area contributed by atoms with Gasteiger partial charge in [0.25, 0.3) is 0 Å². The number of ether oxygens (including phenoxy) is 1. The summed E-state index contributed by atoms with van der Waals surface area (Å²) in [5.74, 6) is 0.244. The highest BCUT2D eigenvalue weighted by atomic mass is 79.9. The standard InChI is InChI=1S/C20H30BrN3O3/c1-14-11-16(8-9-17(14)21)22-18(25)24-10-6-7-15(13-24)12-23(5)19(26)27-20(2,3)4/h8-9,11,15H,6-7,10,12-13H2,1-5H3,(H,22,25). The van der Waals surface area contributed by atoms with Gasteiger partial charge in [0, 0.05) is 36.8 Å². The summed E-state index contributed by atoms with van der Waals surface area (Å²) in [6.07, 6.45) is 1.60. The van der Waals surface area contributed by atoms with Gasteiger partial charge in [0.15, 0.2) is 0 Å². The van der Waals surface area contributed by atoms with Crippen LogP contribution < -0.4 is 5.32 Å². The molecule has 1 aliphatic rings. The third-order valence-corrected chi connectivity index (χ3v) is 5.34. The van der Waals surface area contributed by atoms with E-state index in [9.17, 15) is 9.59 Å². The molecule has 0 bridgehead atoms. The first-order chi connectivity index (χ1) is 12.5. The fourth-order valence-corrected chi connectivity index (χ4v) is 3.37. The van der Waals surface area contributed by atoms with Crippen molar-refractivity contribution in [2.45, 2.75) is 46.1 Å². The number of carbonyl (C=O) groups is 2. The van der Waals surface area contributed by atoms with Crippen molar-refractivity contribution in [1.82, 2.24) is 9.80 Å². The van der Waals surface area contributed by atoms with Crippen LogP contribution in [-0.2, 0) is 4.74 Å². The van der Waals surface area contributed by atoms with Gasteiger partial charge in [-0.25, -0.2) is 9.59 Å². The summed E-state index contributed by atoms with van der Waals surface area (Å²) in [7, 11) is 1.75. The highest BCUT2D eigenvalue weighted by molar-refractivity contribution is 9.10. The summed E-state index contributed by atoms with van der Waals surface area (Å²) in [5.41, 5.74) is 1.35. The van der Waals surface area contributed by atoms with Crippen molar-refractivity contribution in [3.63, 3.8) is 0 Å². The summed E-state index contributed by atoms with van der Waals surface area (Å²) < 4.78 is 6.42. The Kier molecular flexibility index (Phi) is 7.14. The van der Waals surface area contributed by atoms with Gasteiger partial charge >= 0.3 is 12.1 Å². The summed E-state index contributed by atoms with van der Waals surface area (Å²) in [4.78, 5) is 28.2. The Bertz CT molecular complexity index is 688. The molecule has 150 valence electrons. The Labute approximate surface area is 170 Å². The predicted molar refractivity (Wildman–Crippen MR) is 111 cm³/mol. The molecule has 1 saturated heterocycles. The molecular weight excluding hydrogens is 410 g/mol. The molecule has 0 aromatic heterocycles. The number of nitrogens with zero attached hydrogens (tertiary/aromatic N) is 2. The molecule has 0 radical (unpaired) electrons. The molecule has 7 heteroatoms. The van der Waals surface area contributed by atoms with Crippen LogP contribution in [0.4, 0.5) is 15.3 Å². The second-order valence-electron chi connectivity index (χ2n) is 8.21. The average molecular weight is 440 g/mol. The van der Waals surface area contributed by atoms with Gasteiger partial charge in [-0.15, -0.1) is 0 Å². The van der Waals surface area contributed by atoms with Gasteiger partial charge in [0.05, 0.1) is 0 Å². The number of likely N-dealkylation sites (tertiary alicyclic amines) is 1. The minimum Gasteiger partial charge on any atom is -0.444 e. The molecule has 1 N–H and O–H groups in total. The number of hydrogen-bond donors (Lipinski definition) is 1. The lowest BCUT2D eigenvalue weighted by Crippen LogP contribution is -2.46. The Morgan fingerprint density at radius 1 is 1.37 bits per heavy atom. The van der Waals surface area contributed by atoms with Crippen LogP contribution in [0.5, 0.6) is 0 Å². The lowest BCUT2D eigenvalue weighted by atomic mass is 9.98. The van der Waals surface area contributed by atoms with Crippen molar-refractivity contribution >= 4 is 33.7 Å². The zero-order chi connectivity index (χ0) is 20.2. The van der Waals surface area contributed by atoms with Gasteiger partial charge in [-0.1, -0.05) is 15.9 Å². The Balaban J connectivity index is 1.89. The number of nitrogens with one attached hydrogen (secondary N) is 1. The topological polar surface area (TPSA) is 61.9 Å². The summed E-state index contributed by atoms with van der Waals surface area (Å²) >= 11 is 3.47. The van der Waals surface area contributed by atoms with E-state index in [1.54, 1.807) is 11.9 Å². The second kappa shape index (κ2) is 8.95. The summed E-state index contributed by atoms with van der Waals surface area (Å²) in [5, 5.41) is 2.97. The largest absolute Gasteiger partial charge is 0.444 e. The number of halogens is 1. The summed E-state index contributed by atoms with van der Waals surface area (Å²) in [6, 6.07) is 5.66. The van der Waals surface area contributed by atoms with Gasteiger partial charge in [-0.05, 0) is 70.2 Å². The van der Waals surface area contributed by atoms with Crippen molar-refractivity contribution in [3.8, 4) is 0 Å². The molecule has 1 aromatic carbocycles. The first-order valence-electron chi connectivity index (χ1n) is 9.31. The number of amides is 3. The molecule has 0 saturated carbocycles. The Hall–Kier alpha value is -1.76. The molecule has 1 aliphatic heterocycles. The quantitative estimate of drug-likeness (QED) is 0.730. The first kappa shape index (κ1) is 21.5. The van der Waals surface area contributed by atoms with Crippen molar-refractivity contribution in [3.05, 3.63) is 28.2 Å². The maximum Gasteiger partial charge on any atom is 0.410 e. The average Bonchev–Trinajstić information content (AvgIpc) is 2.57. The third kappa shape index (κ3) is 6.72. The maximum absolute atomic E-state index is 12.6. The van der Waals surface area contributed by atoms with E-state index in [0.29, 0.717) is 13.1 Å². The number of carbonyl (C=O) groups excluding carboxylic acids is 2. The SMILES string of the molecule is Cc1cc(NC(=O)N2CCCC(CN(C)C(=O)OC(C)(C)C)C2)ccc1Br. The van der Waals surface area contributed by atoms with Crippen LogP contribution in [0.3, 0.4) is 0 Å². The van der Waals surface area contributed by atoms with Crippen LogP contribution in [0, 0.1) is 12.8 Å². The van der Waals surface area contributed by atoms with Gasteiger partial charge in [-0.2, -0.15) is 0 Å². The molecule has 1 unspecified atom stereocenters. The van der Waals surface area contributed by atoms with Crippen LogP contribution >= 0.6 is 15.9 Å². The predicted octanol–water partition coefficient (Wildman–Crippen LogP) is 4.87. The van der Waals surface area contributed by atoms with Crippen LogP contribution in [0.25, 0.3) is 0 Å². The van der Waals surface area contributed by atoms with E-state index in [2.05, 4.69) is 21.2 Å². The van der Waals surface area contributed by atoms with Crippen LogP contribution in [0.2, 0.25) is 0 Å². The second-order valence-corrected chi connectivity index (χ2v) is 9.06. The molecule has 3 amide bonds. The molecule has 6 nitrogen and oxygen atoms in total. The van der Waals surface area contributed by atoms with Crippen LogP contribution in [0.15, 0.2) is 22.7 Å². The minimum absolute atomic E-state index is 0.0960. The number of hydrogen-bond acceptors (Lipinski definition) is 3. The number of anilines is 1. The summed E-state index contributed by atoms with van der Waals surface area (Å²) in [6.45, 7) is 9.50. The monoisotopic (exact) mass is 439 g/mol. The fourth-order valence-electron chi connectivity index (χ4n) is 3.13. The Morgan fingerprint density at radius 2 is 2.07 bits per heavy atom.